The molecule has 1 aromatic rings. The second-order valence-corrected chi connectivity index (χ2v) is 14.5. The number of hydrogen-bond donors (Lipinski definition) is 13. The molecule has 2 saturated heterocycles. The predicted octanol–water partition coefficient (Wildman–Crippen LogP) is -5.56. The van der Waals surface area contributed by atoms with Crippen LogP contribution in [0.15, 0.2) is 35.3 Å². The number of benzene rings is 1. The molecule has 2 aliphatic heterocycles. The van der Waals surface area contributed by atoms with Gasteiger partial charge in [-0.05, 0) is 44.6 Å². The van der Waals surface area contributed by atoms with E-state index in [1.54, 1.807) is 30.3 Å². The second kappa shape index (κ2) is 24.3. The van der Waals surface area contributed by atoms with Crippen LogP contribution in [0, 0.1) is 0 Å². The zero-order valence-corrected chi connectivity index (χ0v) is 33.4. The molecule has 2 heterocycles. The van der Waals surface area contributed by atoms with Crippen LogP contribution in [-0.2, 0) is 49.5 Å². The van der Waals surface area contributed by atoms with Gasteiger partial charge in [0.15, 0.2) is 18.2 Å². The number of nitrogens with zero attached hydrogens (tertiary/aromatic N) is 1. The lowest BCUT2D eigenvalue weighted by Crippen LogP contribution is -2.63. The van der Waals surface area contributed by atoms with Crippen molar-refractivity contribution in [3.63, 3.8) is 0 Å². The van der Waals surface area contributed by atoms with Crippen molar-refractivity contribution in [2.45, 2.75) is 113 Å². The molecule has 3 rings (SSSR count). The Morgan fingerprint density at radius 2 is 1.43 bits per heavy atom. The standard InChI is InChI=1S/C37H55FN10O13/c1-18(38)31(55)43-16-24-27(52)28(53)29(54)30(61-24)36(60)41-12-6-5-10-21-33(57)46-20(11-7-13-42-37(39)40)32(56)44-17-25(49)45-23(15-26(50)51)35(59)48-22(34(58)47-21)14-19-8-3-2-4-9-19/h2-4,8-9,18,20-24,27-30,52-54H,5-7,10-17H2,1H3,(H,41,60)(H,43,55)(H,44,56)(H,45,49)(H,46,57)(H,47,58)(H,48,59)(H,50,51)(H4,39,40,42)/t18?,20-,21-,22?,23-,24+,27+,28?,29-,30?/m0/s1/i38-1. The van der Waals surface area contributed by atoms with Gasteiger partial charge >= 0.3 is 5.97 Å². The van der Waals surface area contributed by atoms with Gasteiger partial charge in [0.1, 0.15) is 48.6 Å². The number of hydrogen-bond acceptors (Lipinski definition) is 13. The summed E-state index contributed by atoms with van der Waals surface area (Å²) in [6.45, 7) is -0.239. The topological polar surface area (TPSA) is 375 Å². The van der Waals surface area contributed by atoms with Gasteiger partial charge in [0.05, 0.1) is 13.0 Å². The molecule has 10 atom stereocenters. The molecule has 0 aromatic heterocycles. The molecule has 61 heavy (non-hydrogen) atoms. The summed E-state index contributed by atoms with van der Waals surface area (Å²) in [5, 5.41) is 57.5. The third kappa shape index (κ3) is 16.2. The highest BCUT2D eigenvalue weighted by Crippen LogP contribution is 2.21. The first-order chi connectivity index (χ1) is 28.9. The Bertz CT molecular complexity index is 1740. The lowest BCUT2D eigenvalue weighted by molar-refractivity contribution is -0.219. The molecular weight excluding hydrogens is 810 g/mol. The first-order valence-corrected chi connectivity index (χ1v) is 19.6. The number of nitrogens with two attached hydrogens (primary N) is 2. The van der Waals surface area contributed by atoms with Crippen LogP contribution in [0.5, 0.6) is 0 Å². The fourth-order valence-electron chi connectivity index (χ4n) is 6.30. The first-order valence-electron chi connectivity index (χ1n) is 19.6. The summed E-state index contributed by atoms with van der Waals surface area (Å²) in [6.07, 6.45) is -11.1. The highest BCUT2D eigenvalue weighted by atomic mass is 18.2. The monoisotopic (exact) mass is 865 g/mol. The van der Waals surface area contributed by atoms with Crippen molar-refractivity contribution < 1.29 is 67.9 Å². The van der Waals surface area contributed by atoms with Crippen molar-refractivity contribution >= 4 is 53.3 Å². The summed E-state index contributed by atoms with van der Waals surface area (Å²) in [7, 11) is 0. The Morgan fingerprint density at radius 3 is 2.07 bits per heavy atom. The molecule has 24 heteroatoms. The van der Waals surface area contributed by atoms with E-state index in [4.69, 9.17) is 16.2 Å². The van der Waals surface area contributed by atoms with Crippen molar-refractivity contribution in [3.05, 3.63) is 35.9 Å². The fourth-order valence-corrected chi connectivity index (χ4v) is 6.30. The van der Waals surface area contributed by atoms with Gasteiger partial charge in [-0.25, -0.2) is 4.39 Å². The normalized spacial score (nSPS) is 27.0. The van der Waals surface area contributed by atoms with E-state index in [1.807, 2.05) is 0 Å². The van der Waals surface area contributed by atoms with E-state index in [9.17, 15) is 63.2 Å². The maximum absolute atomic E-state index is 13.9. The number of amides is 7. The lowest BCUT2D eigenvalue weighted by atomic mass is 9.94. The minimum Gasteiger partial charge on any atom is -0.481 e. The summed E-state index contributed by atoms with van der Waals surface area (Å²) < 4.78 is 18.8. The van der Waals surface area contributed by atoms with Gasteiger partial charge in [0, 0.05) is 26.1 Å². The number of unbranched alkanes of at least 4 members (excludes halogenated alkanes) is 1. The smallest absolute Gasteiger partial charge is 0.305 e. The molecule has 0 radical (unpaired) electrons. The van der Waals surface area contributed by atoms with E-state index >= 15 is 0 Å². The summed E-state index contributed by atoms with van der Waals surface area (Å²) in [4.78, 5) is 108. The van der Waals surface area contributed by atoms with E-state index in [1.165, 1.54) is 0 Å². The Hall–Kier alpha value is -5.98. The Labute approximate surface area is 349 Å². The van der Waals surface area contributed by atoms with Crippen LogP contribution >= 0.6 is 0 Å². The number of carboxylic acids is 1. The number of aliphatic hydroxyl groups is 3. The number of aliphatic hydroxyl groups excluding tert-OH is 3. The largest absolute Gasteiger partial charge is 0.481 e. The van der Waals surface area contributed by atoms with Crippen molar-refractivity contribution in [1.82, 2.24) is 37.2 Å². The molecule has 23 nitrogen and oxygen atoms in total. The molecule has 2 aliphatic rings. The molecule has 0 bridgehead atoms. The van der Waals surface area contributed by atoms with Gasteiger partial charge in [-0.1, -0.05) is 30.3 Å². The maximum atomic E-state index is 13.9. The summed E-state index contributed by atoms with van der Waals surface area (Å²) in [5.41, 5.74) is 11.4. The third-order valence-electron chi connectivity index (χ3n) is 9.61. The molecular formula is C37H55FN10O13. The van der Waals surface area contributed by atoms with Gasteiger partial charge in [-0.15, -0.1) is 0 Å². The minimum absolute atomic E-state index is 0.0377. The summed E-state index contributed by atoms with van der Waals surface area (Å²) in [6, 6.07) is 2.70. The van der Waals surface area contributed by atoms with E-state index < -0.39 is 128 Å². The Kier molecular flexibility index (Phi) is 19.7. The van der Waals surface area contributed by atoms with Gasteiger partial charge in [0.2, 0.25) is 29.5 Å². The van der Waals surface area contributed by atoms with Crippen LogP contribution in [0.1, 0.15) is 51.0 Å². The van der Waals surface area contributed by atoms with Crippen LogP contribution in [0.25, 0.3) is 0 Å². The molecule has 4 unspecified atom stereocenters. The zero-order chi connectivity index (χ0) is 45.2. The zero-order valence-electron chi connectivity index (χ0n) is 33.4. The number of ether oxygens (including phenoxy) is 1. The van der Waals surface area contributed by atoms with Gasteiger partial charge in [0.25, 0.3) is 11.8 Å². The lowest BCUT2D eigenvalue weighted by Gasteiger charge is -2.40. The molecule has 15 N–H and O–H groups in total. The number of alkyl halides is 1. The average molecular weight is 866 g/mol. The van der Waals surface area contributed by atoms with Crippen LogP contribution in [-0.4, -0.2) is 161 Å². The van der Waals surface area contributed by atoms with Gasteiger partial charge in [-0.3, -0.25) is 43.3 Å². The molecule has 0 saturated carbocycles. The van der Waals surface area contributed by atoms with Crippen LogP contribution < -0.4 is 48.7 Å². The van der Waals surface area contributed by atoms with Crippen molar-refractivity contribution in [2.24, 2.45) is 16.5 Å². The van der Waals surface area contributed by atoms with Crippen LogP contribution in [0.4, 0.5) is 4.39 Å². The highest BCUT2D eigenvalue weighted by molar-refractivity contribution is 5.98. The Morgan fingerprint density at radius 1 is 0.820 bits per heavy atom. The average Bonchev–Trinajstić information content (AvgIpc) is 3.21. The van der Waals surface area contributed by atoms with E-state index in [2.05, 4.69) is 42.2 Å². The van der Waals surface area contributed by atoms with E-state index in [0.717, 1.165) is 6.92 Å². The molecule has 0 spiro atoms. The SMILES string of the molecule is CC([18F])C(=O)NC[C@H]1OC(C(=O)NCCCC[C@@H]2NC(=O)C(Cc3ccccc3)NC(=O)[C@H](CC(=O)O)NC(=O)CNC(=O)[C@H](CCCN=C(N)N)NC2=O)[C@@H](O)C(O)[C@@H]1O. The fraction of sp³-hybridized carbons (Fsp3) is 0.595. The van der Waals surface area contributed by atoms with Crippen molar-refractivity contribution in [3.8, 4) is 0 Å². The molecule has 338 valence electrons. The van der Waals surface area contributed by atoms with Crippen molar-refractivity contribution in [2.75, 3.05) is 26.2 Å². The van der Waals surface area contributed by atoms with E-state index in [0.29, 0.717) is 5.56 Å². The van der Waals surface area contributed by atoms with E-state index in [-0.39, 0.29) is 57.6 Å². The number of carbonyl (C=O) groups is 8. The third-order valence-corrected chi connectivity index (χ3v) is 9.61. The van der Waals surface area contributed by atoms with Crippen molar-refractivity contribution in [1.29, 1.82) is 0 Å². The quantitative estimate of drug-likeness (QED) is 0.0395. The number of guanidine groups is 1. The minimum atomic E-state index is -1.89. The molecule has 2 fully saturated rings. The number of aliphatic imine (C=N–C) groups is 1. The molecule has 0 aliphatic carbocycles. The predicted molar refractivity (Wildman–Crippen MR) is 210 cm³/mol. The number of carbonyl (C=O) groups excluding carboxylic acids is 7. The number of nitrogens with one attached hydrogen (secondary N) is 7. The number of halogens is 1. The summed E-state index contributed by atoms with van der Waals surface area (Å²) >= 11 is 0. The second-order valence-electron chi connectivity index (χ2n) is 14.5. The summed E-state index contributed by atoms with van der Waals surface area (Å²) in [5.74, 6) is -8.09. The highest BCUT2D eigenvalue weighted by Gasteiger charge is 2.46. The Balaban J connectivity index is 1.82. The van der Waals surface area contributed by atoms with Crippen LogP contribution in [0.3, 0.4) is 0 Å². The first kappa shape index (κ1) is 49.4. The maximum Gasteiger partial charge on any atom is 0.305 e. The number of rotatable bonds is 17. The van der Waals surface area contributed by atoms with Gasteiger partial charge in [-0.2, -0.15) is 0 Å². The molecule has 7 amide bonds. The molecule has 1 aromatic carbocycles. The van der Waals surface area contributed by atoms with Crippen LogP contribution in [0.2, 0.25) is 0 Å². The number of carboxylic acid groups (broad SMARTS) is 1. The number of aliphatic carboxylic acids is 1. The van der Waals surface area contributed by atoms with Gasteiger partial charge < -0.3 is 73.8 Å².